The zero-order valence-corrected chi connectivity index (χ0v) is 26.3. The molecule has 1 aliphatic rings. The van der Waals surface area contributed by atoms with E-state index in [0.717, 1.165) is 29.9 Å². The van der Waals surface area contributed by atoms with Crippen LogP contribution in [0.4, 0.5) is 22.7 Å². The highest BCUT2D eigenvalue weighted by molar-refractivity contribution is 5.76. The van der Waals surface area contributed by atoms with Crippen LogP contribution in [0.2, 0.25) is 0 Å². The zero-order valence-electron chi connectivity index (χ0n) is 26.3. The van der Waals surface area contributed by atoms with E-state index in [1.165, 1.54) is 28.1 Å². The summed E-state index contributed by atoms with van der Waals surface area (Å²) < 4.78 is 0. The molecule has 0 heterocycles. The second-order valence-corrected chi connectivity index (χ2v) is 12.6. The fourth-order valence-corrected chi connectivity index (χ4v) is 6.36. The lowest BCUT2D eigenvalue weighted by molar-refractivity contribution is 0.519. The number of rotatable bonds is 9. The number of hydrogen-bond donors (Lipinski definition) is 0. The SMILES string of the molecule is CC(C)(c1ccc(N(c2ccccc2)c2ccccc2)cc1)c1ccc(C(C)(C)N(C2=CCCC=C2)c2ccccc2)cc1. The Bertz CT molecular complexity index is 1670. The molecule has 5 aromatic rings. The van der Waals surface area contributed by atoms with Crippen molar-refractivity contribution in [2.45, 2.75) is 51.5 Å². The topological polar surface area (TPSA) is 6.48 Å². The van der Waals surface area contributed by atoms with E-state index >= 15 is 0 Å². The molecule has 0 amide bonds. The Labute approximate surface area is 263 Å². The van der Waals surface area contributed by atoms with Gasteiger partial charge >= 0.3 is 0 Å². The number of para-hydroxylation sites is 3. The summed E-state index contributed by atoms with van der Waals surface area (Å²) in [4.78, 5) is 4.79. The van der Waals surface area contributed by atoms with Crippen LogP contribution in [-0.2, 0) is 11.0 Å². The van der Waals surface area contributed by atoms with Gasteiger partial charge in [-0.3, -0.25) is 0 Å². The maximum absolute atomic E-state index is 2.48. The summed E-state index contributed by atoms with van der Waals surface area (Å²) in [6.07, 6.45) is 9.11. The Hall–Kier alpha value is -4.82. The minimum absolute atomic E-state index is 0.153. The molecule has 0 atom stereocenters. The summed E-state index contributed by atoms with van der Waals surface area (Å²) in [7, 11) is 0. The zero-order chi connectivity index (χ0) is 30.6. The Morgan fingerprint density at radius 2 is 0.886 bits per heavy atom. The van der Waals surface area contributed by atoms with Crippen LogP contribution in [0.1, 0.15) is 57.2 Å². The lowest BCUT2D eigenvalue weighted by Gasteiger charge is -2.42. The Morgan fingerprint density at radius 3 is 1.36 bits per heavy atom. The van der Waals surface area contributed by atoms with Crippen LogP contribution in [0.5, 0.6) is 0 Å². The van der Waals surface area contributed by atoms with Gasteiger partial charge in [-0.1, -0.05) is 117 Å². The molecule has 0 saturated carbocycles. The highest BCUT2D eigenvalue weighted by atomic mass is 15.2. The van der Waals surface area contributed by atoms with Crippen LogP contribution in [0.3, 0.4) is 0 Å². The van der Waals surface area contributed by atoms with Crippen LogP contribution in [-0.4, -0.2) is 0 Å². The smallest absolute Gasteiger partial charge is 0.0646 e. The summed E-state index contributed by atoms with van der Waals surface area (Å²) >= 11 is 0. The molecular weight excluding hydrogens is 532 g/mol. The van der Waals surface area contributed by atoms with Crippen molar-refractivity contribution < 1.29 is 0 Å². The molecule has 220 valence electrons. The van der Waals surface area contributed by atoms with Gasteiger partial charge in [0, 0.05) is 33.9 Å². The standard InChI is InChI=1S/C42H42N2/c1-41(2,34-29-31-38(32-30-34)43(36-17-9-5-10-18-36)37-19-11-6-12-20-37)33-25-27-35(28-26-33)42(3,4)44(39-21-13-7-14-22-39)40-23-15-8-16-24-40/h5-7,9-15,17-32H,8,16H2,1-4H3. The summed E-state index contributed by atoms with van der Waals surface area (Å²) in [5.74, 6) is 0. The largest absolute Gasteiger partial charge is 0.332 e. The van der Waals surface area contributed by atoms with Crippen molar-refractivity contribution >= 4 is 22.7 Å². The molecular formula is C42H42N2. The molecule has 5 aromatic carbocycles. The van der Waals surface area contributed by atoms with E-state index < -0.39 is 0 Å². The van der Waals surface area contributed by atoms with Gasteiger partial charge in [0.1, 0.15) is 0 Å². The third-order valence-electron chi connectivity index (χ3n) is 9.00. The van der Waals surface area contributed by atoms with Crippen molar-refractivity contribution in [1.82, 2.24) is 0 Å². The number of benzene rings is 5. The van der Waals surface area contributed by atoms with Gasteiger partial charge in [0.05, 0.1) is 5.54 Å². The molecule has 44 heavy (non-hydrogen) atoms. The quantitative estimate of drug-likeness (QED) is 0.173. The first-order valence-corrected chi connectivity index (χ1v) is 15.7. The molecule has 0 aliphatic heterocycles. The summed E-state index contributed by atoms with van der Waals surface area (Å²) in [6, 6.07) is 50.2. The molecule has 0 N–H and O–H groups in total. The summed E-state index contributed by atoms with van der Waals surface area (Å²) in [6.45, 7) is 9.30. The van der Waals surface area contributed by atoms with Gasteiger partial charge in [-0.2, -0.15) is 0 Å². The molecule has 0 bridgehead atoms. The molecule has 1 aliphatic carbocycles. The Kier molecular flexibility index (Phi) is 8.26. The monoisotopic (exact) mass is 574 g/mol. The highest BCUT2D eigenvalue weighted by Gasteiger charge is 2.32. The van der Waals surface area contributed by atoms with Gasteiger partial charge in [-0.25, -0.2) is 0 Å². The molecule has 6 rings (SSSR count). The van der Waals surface area contributed by atoms with E-state index in [-0.39, 0.29) is 11.0 Å². The minimum Gasteiger partial charge on any atom is -0.332 e. The molecule has 2 heteroatoms. The number of hydrogen-bond acceptors (Lipinski definition) is 2. The van der Waals surface area contributed by atoms with Crippen molar-refractivity contribution in [2.24, 2.45) is 0 Å². The van der Waals surface area contributed by atoms with E-state index in [9.17, 15) is 0 Å². The second kappa shape index (κ2) is 12.4. The van der Waals surface area contributed by atoms with Crippen molar-refractivity contribution in [3.05, 3.63) is 180 Å². The van der Waals surface area contributed by atoms with E-state index in [0.29, 0.717) is 0 Å². The van der Waals surface area contributed by atoms with Crippen LogP contribution in [0.25, 0.3) is 0 Å². The van der Waals surface area contributed by atoms with Crippen LogP contribution < -0.4 is 9.80 Å². The fraction of sp³-hybridized carbons (Fsp3) is 0.190. The molecule has 0 aromatic heterocycles. The van der Waals surface area contributed by atoms with E-state index in [4.69, 9.17) is 0 Å². The van der Waals surface area contributed by atoms with Gasteiger partial charge in [-0.15, -0.1) is 0 Å². The first kappa shape index (κ1) is 29.3. The van der Waals surface area contributed by atoms with Crippen LogP contribution in [0, 0.1) is 0 Å². The molecule has 0 fully saturated rings. The van der Waals surface area contributed by atoms with E-state index in [1.807, 2.05) is 0 Å². The summed E-state index contributed by atoms with van der Waals surface area (Å²) in [5.41, 5.74) is 9.39. The van der Waals surface area contributed by atoms with Crippen LogP contribution in [0.15, 0.2) is 163 Å². The maximum Gasteiger partial charge on any atom is 0.0646 e. The molecule has 2 nitrogen and oxygen atoms in total. The molecule has 0 saturated heterocycles. The van der Waals surface area contributed by atoms with Crippen molar-refractivity contribution in [3.63, 3.8) is 0 Å². The maximum atomic E-state index is 2.48. The van der Waals surface area contributed by atoms with Crippen molar-refractivity contribution in [3.8, 4) is 0 Å². The predicted molar refractivity (Wildman–Crippen MR) is 188 cm³/mol. The van der Waals surface area contributed by atoms with Gasteiger partial charge in [0.25, 0.3) is 0 Å². The first-order chi connectivity index (χ1) is 21.4. The number of allylic oxidation sites excluding steroid dienone is 3. The average Bonchev–Trinajstić information content (AvgIpc) is 3.07. The number of nitrogens with zero attached hydrogens (tertiary/aromatic N) is 2. The third kappa shape index (κ3) is 5.85. The predicted octanol–water partition coefficient (Wildman–Crippen LogP) is 11.5. The second-order valence-electron chi connectivity index (χ2n) is 12.6. The third-order valence-corrected chi connectivity index (χ3v) is 9.00. The van der Waals surface area contributed by atoms with E-state index in [2.05, 4.69) is 195 Å². The Balaban J connectivity index is 1.29. The summed E-state index contributed by atoms with van der Waals surface area (Å²) in [5, 5.41) is 0. The fourth-order valence-electron chi connectivity index (χ4n) is 6.36. The van der Waals surface area contributed by atoms with Crippen molar-refractivity contribution in [1.29, 1.82) is 0 Å². The van der Waals surface area contributed by atoms with Gasteiger partial charge in [0.2, 0.25) is 0 Å². The van der Waals surface area contributed by atoms with Gasteiger partial charge in [0.15, 0.2) is 0 Å². The highest BCUT2D eigenvalue weighted by Crippen LogP contribution is 2.40. The van der Waals surface area contributed by atoms with Gasteiger partial charge < -0.3 is 9.80 Å². The normalized spacial score (nSPS) is 13.3. The molecule has 0 spiro atoms. The average molecular weight is 575 g/mol. The molecule has 0 unspecified atom stereocenters. The number of anilines is 4. The van der Waals surface area contributed by atoms with Crippen LogP contribution >= 0.6 is 0 Å². The minimum atomic E-state index is -0.239. The lowest BCUT2D eigenvalue weighted by Crippen LogP contribution is -2.41. The Morgan fingerprint density at radius 1 is 0.455 bits per heavy atom. The van der Waals surface area contributed by atoms with E-state index in [1.54, 1.807) is 0 Å². The molecule has 0 radical (unpaired) electrons. The van der Waals surface area contributed by atoms with Crippen molar-refractivity contribution in [2.75, 3.05) is 9.80 Å². The van der Waals surface area contributed by atoms with Gasteiger partial charge in [-0.05, 0) is 98.0 Å². The lowest BCUT2D eigenvalue weighted by atomic mass is 9.77. The first-order valence-electron chi connectivity index (χ1n) is 15.7.